The van der Waals surface area contributed by atoms with Gasteiger partial charge in [-0.2, -0.15) is 0 Å². The third-order valence-electron chi connectivity index (χ3n) is 6.06. The molecule has 6 nitrogen and oxygen atoms in total. The summed E-state index contributed by atoms with van der Waals surface area (Å²) in [5.74, 6) is -1.38. The first-order valence-corrected chi connectivity index (χ1v) is 10.7. The molecule has 1 aliphatic rings. The first-order valence-electron chi connectivity index (χ1n) is 10.7. The van der Waals surface area contributed by atoms with Crippen LogP contribution in [0.2, 0.25) is 0 Å². The summed E-state index contributed by atoms with van der Waals surface area (Å²) < 4.78 is 0. The Balaban J connectivity index is 1.75. The second-order valence-corrected chi connectivity index (χ2v) is 8.48. The molecular formula is C27H23N3O3. The number of Topliss-reactive ketones (excluding diaryl/α,β-unsaturated/α-hetero) is 1. The van der Waals surface area contributed by atoms with Gasteiger partial charge in [0, 0.05) is 5.56 Å². The van der Waals surface area contributed by atoms with Gasteiger partial charge >= 0.3 is 5.91 Å². The van der Waals surface area contributed by atoms with E-state index in [-0.39, 0.29) is 17.3 Å². The topological polar surface area (TPSA) is 86.3 Å². The summed E-state index contributed by atoms with van der Waals surface area (Å²) in [6.07, 6.45) is 0. The summed E-state index contributed by atoms with van der Waals surface area (Å²) in [6, 6.07) is 19.8. The summed E-state index contributed by atoms with van der Waals surface area (Å²) in [5, 5.41) is 11.3. The first-order chi connectivity index (χ1) is 15.8. The van der Waals surface area contributed by atoms with Crippen molar-refractivity contribution in [3.63, 3.8) is 0 Å². The summed E-state index contributed by atoms with van der Waals surface area (Å²) in [7, 11) is 0. The summed E-state index contributed by atoms with van der Waals surface area (Å²) >= 11 is 0. The molecule has 1 saturated heterocycles. The third kappa shape index (κ3) is 3.40. The number of fused-ring (bicyclic) bond motifs is 1. The van der Waals surface area contributed by atoms with Gasteiger partial charge in [0.05, 0.1) is 22.6 Å². The normalized spacial score (nSPS) is 17.8. The molecule has 4 aromatic rings. The second kappa shape index (κ2) is 7.74. The number of amides is 1. The lowest BCUT2D eigenvalue weighted by molar-refractivity contribution is -0.132. The van der Waals surface area contributed by atoms with Gasteiger partial charge in [0.1, 0.15) is 5.76 Å². The molecule has 0 bridgehead atoms. The van der Waals surface area contributed by atoms with Crippen LogP contribution in [-0.4, -0.2) is 26.8 Å². The van der Waals surface area contributed by atoms with E-state index in [0.29, 0.717) is 16.6 Å². The van der Waals surface area contributed by atoms with Gasteiger partial charge in [-0.15, -0.1) is 0 Å². The summed E-state index contributed by atoms with van der Waals surface area (Å²) in [5.41, 5.74) is 5.57. The van der Waals surface area contributed by atoms with E-state index in [4.69, 9.17) is 0 Å². The molecule has 2 heterocycles. The van der Waals surface area contributed by atoms with Crippen molar-refractivity contribution in [1.82, 2.24) is 9.97 Å². The molecule has 0 saturated carbocycles. The molecule has 2 N–H and O–H groups in total. The molecular weight excluding hydrogens is 414 g/mol. The standard InChI is InChI=1S/C27H23N3O3/c1-15-9-11-17(3)19(13-15)24(31)22-23(18-7-5-4-6-8-18)30(26(33)25(22)32)27-28-20-12-10-16(2)14-21(20)29-27/h4-14,23,31H,1-3H3,(H,28,29)/b24-22+. The number of H-pyrrole nitrogens is 1. The average Bonchev–Trinajstić information content (AvgIpc) is 3.33. The fourth-order valence-corrected chi connectivity index (χ4v) is 4.36. The molecule has 0 radical (unpaired) electrons. The van der Waals surface area contributed by atoms with Gasteiger partial charge < -0.3 is 10.1 Å². The van der Waals surface area contributed by atoms with E-state index < -0.39 is 17.7 Å². The number of ketones is 1. The highest BCUT2D eigenvalue weighted by molar-refractivity contribution is 6.51. The number of aliphatic hydroxyl groups excluding tert-OH is 1. The van der Waals surface area contributed by atoms with Crippen molar-refractivity contribution in [3.05, 3.63) is 100 Å². The van der Waals surface area contributed by atoms with Gasteiger partial charge in [0.2, 0.25) is 5.95 Å². The van der Waals surface area contributed by atoms with Crippen LogP contribution in [0.3, 0.4) is 0 Å². The van der Waals surface area contributed by atoms with Crippen LogP contribution in [0.15, 0.2) is 72.3 Å². The second-order valence-electron chi connectivity index (χ2n) is 8.48. The molecule has 6 heteroatoms. The molecule has 1 unspecified atom stereocenters. The molecule has 0 spiro atoms. The predicted octanol–water partition coefficient (Wildman–Crippen LogP) is 5.11. The Morgan fingerprint density at radius 2 is 1.64 bits per heavy atom. The van der Waals surface area contributed by atoms with E-state index in [1.165, 1.54) is 4.90 Å². The molecule has 1 fully saturated rings. The quantitative estimate of drug-likeness (QED) is 0.265. The van der Waals surface area contributed by atoms with Crippen LogP contribution in [-0.2, 0) is 9.59 Å². The maximum Gasteiger partial charge on any atom is 0.302 e. The minimum Gasteiger partial charge on any atom is -0.507 e. The van der Waals surface area contributed by atoms with E-state index in [0.717, 1.165) is 22.2 Å². The van der Waals surface area contributed by atoms with Gasteiger partial charge in [-0.3, -0.25) is 14.5 Å². The van der Waals surface area contributed by atoms with Crippen LogP contribution in [0.1, 0.15) is 33.9 Å². The van der Waals surface area contributed by atoms with E-state index in [1.807, 2.05) is 87.5 Å². The zero-order valence-electron chi connectivity index (χ0n) is 18.6. The lowest BCUT2D eigenvalue weighted by atomic mass is 9.93. The van der Waals surface area contributed by atoms with Crippen LogP contribution in [0.25, 0.3) is 16.8 Å². The zero-order chi connectivity index (χ0) is 23.3. The van der Waals surface area contributed by atoms with Crippen LogP contribution in [0, 0.1) is 20.8 Å². The Bertz CT molecular complexity index is 1450. The Hall–Kier alpha value is -4.19. The smallest absolute Gasteiger partial charge is 0.302 e. The molecule has 1 atom stereocenters. The van der Waals surface area contributed by atoms with Crippen LogP contribution in [0.4, 0.5) is 5.95 Å². The SMILES string of the molecule is Cc1ccc(C)c(/C(O)=C2\C(=O)C(=O)N(c3nc4ccc(C)cc4[nH]3)C2c2ccccc2)c1. The third-order valence-corrected chi connectivity index (χ3v) is 6.06. The first kappa shape index (κ1) is 20.7. The molecule has 1 amide bonds. The zero-order valence-corrected chi connectivity index (χ0v) is 18.6. The highest BCUT2D eigenvalue weighted by atomic mass is 16.3. The number of anilines is 1. The molecule has 1 aliphatic heterocycles. The van der Waals surface area contributed by atoms with Gasteiger partial charge in [0.25, 0.3) is 5.78 Å². The molecule has 5 rings (SSSR count). The minimum atomic E-state index is -0.812. The molecule has 0 aliphatic carbocycles. The van der Waals surface area contributed by atoms with Crippen molar-refractivity contribution >= 4 is 34.4 Å². The number of aromatic amines is 1. The lowest BCUT2D eigenvalue weighted by Gasteiger charge is -2.23. The van der Waals surface area contributed by atoms with Crippen molar-refractivity contribution in [2.75, 3.05) is 4.90 Å². The summed E-state index contributed by atoms with van der Waals surface area (Å²) in [4.78, 5) is 35.7. The van der Waals surface area contributed by atoms with Crippen molar-refractivity contribution < 1.29 is 14.7 Å². The van der Waals surface area contributed by atoms with Crippen LogP contribution < -0.4 is 4.90 Å². The largest absolute Gasteiger partial charge is 0.507 e. The lowest BCUT2D eigenvalue weighted by Crippen LogP contribution is -2.30. The minimum absolute atomic E-state index is 0.0523. The maximum absolute atomic E-state index is 13.3. The number of aromatic nitrogens is 2. The number of imidazole rings is 1. The van der Waals surface area contributed by atoms with Gasteiger partial charge in [0.15, 0.2) is 0 Å². The van der Waals surface area contributed by atoms with Crippen molar-refractivity contribution in [1.29, 1.82) is 0 Å². The molecule has 1 aromatic heterocycles. The van der Waals surface area contributed by atoms with Crippen molar-refractivity contribution in [3.8, 4) is 0 Å². The molecule has 3 aromatic carbocycles. The summed E-state index contributed by atoms with van der Waals surface area (Å²) in [6.45, 7) is 5.75. The number of aryl methyl sites for hydroxylation is 3. The number of hydrogen-bond acceptors (Lipinski definition) is 4. The highest BCUT2D eigenvalue weighted by Crippen LogP contribution is 2.42. The monoisotopic (exact) mass is 437 g/mol. The highest BCUT2D eigenvalue weighted by Gasteiger charge is 2.48. The van der Waals surface area contributed by atoms with Crippen LogP contribution >= 0.6 is 0 Å². The fourth-order valence-electron chi connectivity index (χ4n) is 4.36. The van der Waals surface area contributed by atoms with Gasteiger partial charge in [-0.05, 0) is 55.7 Å². The average molecular weight is 437 g/mol. The Kier molecular flexibility index (Phi) is 4.86. The molecule has 33 heavy (non-hydrogen) atoms. The number of carbonyl (C=O) groups is 2. The number of nitrogens with one attached hydrogen (secondary N) is 1. The van der Waals surface area contributed by atoms with E-state index in [2.05, 4.69) is 9.97 Å². The number of carbonyl (C=O) groups excluding carboxylic acids is 2. The maximum atomic E-state index is 13.3. The van der Waals surface area contributed by atoms with Crippen molar-refractivity contribution in [2.45, 2.75) is 26.8 Å². The van der Waals surface area contributed by atoms with Crippen molar-refractivity contribution in [2.24, 2.45) is 0 Å². The number of rotatable bonds is 3. The van der Waals surface area contributed by atoms with E-state index >= 15 is 0 Å². The van der Waals surface area contributed by atoms with E-state index in [1.54, 1.807) is 0 Å². The molecule has 164 valence electrons. The fraction of sp³-hybridized carbons (Fsp3) is 0.148. The van der Waals surface area contributed by atoms with E-state index in [9.17, 15) is 14.7 Å². The number of nitrogens with zero attached hydrogens (tertiary/aromatic N) is 2. The predicted molar refractivity (Wildman–Crippen MR) is 128 cm³/mol. The number of benzene rings is 3. The Labute approximate surface area is 191 Å². The van der Waals surface area contributed by atoms with Crippen LogP contribution in [0.5, 0.6) is 0 Å². The number of hydrogen-bond donors (Lipinski definition) is 2. The Morgan fingerprint density at radius 1 is 0.939 bits per heavy atom. The van der Waals surface area contributed by atoms with Gasteiger partial charge in [-0.25, -0.2) is 4.98 Å². The number of aliphatic hydroxyl groups is 1. The van der Waals surface area contributed by atoms with Gasteiger partial charge in [-0.1, -0.05) is 54.1 Å². The Morgan fingerprint density at radius 3 is 2.39 bits per heavy atom.